The number of carbonyl (C=O) groups is 2. The summed E-state index contributed by atoms with van der Waals surface area (Å²) in [5.41, 5.74) is 0.849. The Balaban J connectivity index is 1.88. The van der Waals surface area contributed by atoms with Crippen molar-refractivity contribution < 1.29 is 22.7 Å². The Kier molecular flexibility index (Phi) is 6.35. The first-order valence-electron chi connectivity index (χ1n) is 9.40. The van der Waals surface area contributed by atoms with Crippen molar-refractivity contribution in [1.29, 1.82) is 0 Å². The molecule has 1 aliphatic rings. The molecule has 0 saturated carbocycles. The van der Waals surface area contributed by atoms with Crippen molar-refractivity contribution in [2.75, 3.05) is 23.7 Å². The molecule has 2 aromatic carbocycles. The number of hydrogen-bond donors (Lipinski definition) is 2. The molecule has 2 N–H and O–H groups in total. The van der Waals surface area contributed by atoms with Gasteiger partial charge >= 0.3 is 0 Å². The van der Waals surface area contributed by atoms with Gasteiger partial charge in [0.05, 0.1) is 21.2 Å². The van der Waals surface area contributed by atoms with Gasteiger partial charge in [-0.15, -0.1) is 0 Å². The summed E-state index contributed by atoms with van der Waals surface area (Å²) in [6, 6.07) is 8.82. The van der Waals surface area contributed by atoms with Crippen molar-refractivity contribution in [3.8, 4) is 5.75 Å². The number of rotatable bonds is 6. The predicted molar refractivity (Wildman–Crippen MR) is 115 cm³/mol. The van der Waals surface area contributed by atoms with Crippen LogP contribution in [0.15, 0.2) is 41.3 Å². The predicted octanol–water partition coefficient (Wildman–Crippen LogP) is 3.34. The number of sulfonamides is 1. The molecule has 8 nitrogen and oxygen atoms in total. The molecule has 1 aliphatic heterocycles. The molecule has 2 amide bonds. The Morgan fingerprint density at radius 2 is 1.90 bits per heavy atom. The van der Waals surface area contributed by atoms with Crippen LogP contribution in [0.1, 0.15) is 31.1 Å². The van der Waals surface area contributed by atoms with Crippen LogP contribution in [-0.4, -0.2) is 43.7 Å². The molecule has 0 radical (unpaired) electrons. The molecule has 1 atom stereocenters. The smallest absolute Gasteiger partial charge is 0.265 e. The molecule has 3 rings (SSSR count). The molecule has 0 aliphatic carbocycles. The Labute approximate surface area is 180 Å². The van der Waals surface area contributed by atoms with E-state index in [4.69, 9.17) is 16.3 Å². The van der Waals surface area contributed by atoms with Gasteiger partial charge in [-0.2, -0.15) is 4.31 Å². The summed E-state index contributed by atoms with van der Waals surface area (Å²) in [7, 11) is -3.74. The molecule has 160 valence electrons. The van der Waals surface area contributed by atoms with Crippen molar-refractivity contribution in [3.63, 3.8) is 0 Å². The lowest BCUT2D eigenvalue weighted by molar-refractivity contribution is -0.122. The van der Waals surface area contributed by atoms with Gasteiger partial charge in [0.2, 0.25) is 10.0 Å². The number of halogens is 1. The lowest BCUT2D eigenvalue weighted by Gasteiger charge is -2.23. The van der Waals surface area contributed by atoms with Gasteiger partial charge in [0.15, 0.2) is 6.10 Å². The number of anilines is 2. The van der Waals surface area contributed by atoms with E-state index in [2.05, 4.69) is 10.6 Å². The van der Waals surface area contributed by atoms with Crippen molar-refractivity contribution >= 4 is 44.8 Å². The molecule has 30 heavy (non-hydrogen) atoms. The Hall–Kier alpha value is -2.62. The lowest BCUT2D eigenvalue weighted by Crippen LogP contribution is -2.34. The zero-order valence-electron chi connectivity index (χ0n) is 16.7. The van der Waals surface area contributed by atoms with Gasteiger partial charge in [0.25, 0.3) is 11.8 Å². The van der Waals surface area contributed by atoms with Gasteiger partial charge in [-0.1, -0.05) is 25.4 Å². The van der Waals surface area contributed by atoms with Crippen molar-refractivity contribution in [2.45, 2.75) is 31.8 Å². The Morgan fingerprint density at radius 1 is 1.20 bits per heavy atom. The zero-order valence-corrected chi connectivity index (χ0v) is 18.3. The minimum Gasteiger partial charge on any atom is -0.479 e. The molecule has 0 fully saturated rings. The van der Waals surface area contributed by atoms with Gasteiger partial charge in [0, 0.05) is 18.8 Å². The van der Waals surface area contributed by atoms with E-state index in [1.54, 1.807) is 39.0 Å². The van der Waals surface area contributed by atoms with Crippen LogP contribution >= 0.6 is 11.6 Å². The third-order valence-corrected chi connectivity index (χ3v) is 7.07. The van der Waals surface area contributed by atoms with E-state index in [9.17, 15) is 18.0 Å². The molecule has 0 spiro atoms. The van der Waals surface area contributed by atoms with Crippen LogP contribution in [0.4, 0.5) is 11.4 Å². The van der Waals surface area contributed by atoms with E-state index >= 15 is 0 Å². The van der Waals surface area contributed by atoms with E-state index < -0.39 is 22.0 Å². The van der Waals surface area contributed by atoms with E-state index in [1.165, 1.54) is 22.5 Å². The van der Waals surface area contributed by atoms with E-state index in [0.29, 0.717) is 30.2 Å². The third-order valence-electron chi connectivity index (χ3n) is 4.69. The number of hydrogen-bond acceptors (Lipinski definition) is 5. The van der Waals surface area contributed by atoms with Gasteiger partial charge in [-0.05, 0) is 43.3 Å². The van der Waals surface area contributed by atoms with Crippen molar-refractivity contribution in [1.82, 2.24) is 4.31 Å². The van der Waals surface area contributed by atoms with E-state index in [0.717, 1.165) is 0 Å². The number of carbonyl (C=O) groups excluding carboxylic acids is 2. The van der Waals surface area contributed by atoms with Crippen LogP contribution in [0.3, 0.4) is 0 Å². The molecule has 2 aromatic rings. The number of nitrogens with zero attached hydrogens (tertiary/aromatic N) is 1. The summed E-state index contributed by atoms with van der Waals surface area (Å²) in [6.07, 6.45) is -0.604. The van der Waals surface area contributed by atoms with Crippen molar-refractivity contribution in [2.24, 2.45) is 0 Å². The number of amides is 2. The van der Waals surface area contributed by atoms with Crippen molar-refractivity contribution in [3.05, 3.63) is 47.0 Å². The normalized spacial score (nSPS) is 15.9. The second kappa shape index (κ2) is 8.63. The maximum absolute atomic E-state index is 12.8. The SMILES string of the molecule is CCN(CC)S(=O)(=O)c1ccc(Cl)c(C(=O)Nc2ccc3c(c2)NC(=O)C(C)O3)c1. The fourth-order valence-corrected chi connectivity index (χ4v) is 4.72. The maximum Gasteiger partial charge on any atom is 0.265 e. The standard InChI is InChI=1S/C20H22ClN3O5S/c1-4-24(5-2)30(27,28)14-7-8-16(21)15(11-14)20(26)22-13-6-9-18-17(10-13)23-19(25)12(3)29-18/h6-12H,4-5H2,1-3H3,(H,22,26)(H,23,25). The maximum atomic E-state index is 12.8. The molecule has 10 heteroatoms. The van der Waals surface area contributed by atoms with Gasteiger partial charge in [-0.3, -0.25) is 9.59 Å². The fraction of sp³-hybridized carbons (Fsp3) is 0.300. The summed E-state index contributed by atoms with van der Waals surface area (Å²) in [4.78, 5) is 24.6. The molecule has 0 bridgehead atoms. The second-order valence-corrected chi connectivity index (χ2v) is 8.99. The minimum absolute atomic E-state index is 0.0131. The van der Waals surface area contributed by atoms with Crippen LogP contribution in [0, 0.1) is 0 Å². The van der Waals surface area contributed by atoms with Crippen LogP contribution < -0.4 is 15.4 Å². The van der Waals surface area contributed by atoms with Gasteiger partial charge in [-0.25, -0.2) is 8.42 Å². The number of nitrogens with one attached hydrogen (secondary N) is 2. The molecule has 1 heterocycles. The van der Waals surface area contributed by atoms with E-state index in [1.807, 2.05) is 0 Å². The van der Waals surface area contributed by atoms with E-state index in [-0.39, 0.29) is 21.4 Å². The third kappa shape index (κ3) is 4.28. The van der Waals surface area contributed by atoms with Crippen LogP contribution in [0.5, 0.6) is 5.75 Å². The zero-order chi connectivity index (χ0) is 22.1. The topological polar surface area (TPSA) is 105 Å². The molecular formula is C20H22ClN3O5S. The number of benzene rings is 2. The molecule has 0 saturated heterocycles. The summed E-state index contributed by atoms with van der Waals surface area (Å²) < 4.78 is 32.3. The highest BCUT2D eigenvalue weighted by atomic mass is 35.5. The Morgan fingerprint density at radius 3 is 2.57 bits per heavy atom. The first-order chi connectivity index (χ1) is 14.2. The molecular weight excluding hydrogens is 430 g/mol. The fourth-order valence-electron chi connectivity index (χ4n) is 3.04. The largest absolute Gasteiger partial charge is 0.479 e. The van der Waals surface area contributed by atoms with Crippen LogP contribution in [-0.2, 0) is 14.8 Å². The first-order valence-corrected chi connectivity index (χ1v) is 11.2. The summed E-state index contributed by atoms with van der Waals surface area (Å²) in [6.45, 7) is 5.73. The van der Waals surface area contributed by atoms with Crippen LogP contribution in [0.25, 0.3) is 0 Å². The average Bonchev–Trinajstić information content (AvgIpc) is 2.70. The monoisotopic (exact) mass is 451 g/mol. The lowest BCUT2D eigenvalue weighted by atomic mass is 10.2. The summed E-state index contributed by atoms with van der Waals surface area (Å²) in [5, 5.41) is 5.49. The summed E-state index contributed by atoms with van der Waals surface area (Å²) in [5.74, 6) is -0.373. The Bertz CT molecular complexity index is 1100. The number of fused-ring (bicyclic) bond motifs is 1. The molecule has 0 aromatic heterocycles. The highest BCUT2D eigenvalue weighted by molar-refractivity contribution is 7.89. The average molecular weight is 452 g/mol. The highest BCUT2D eigenvalue weighted by Crippen LogP contribution is 2.32. The molecule has 1 unspecified atom stereocenters. The highest BCUT2D eigenvalue weighted by Gasteiger charge is 2.25. The number of ether oxygens (including phenoxy) is 1. The van der Waals surface area contributed by atoms with Crippen LogP contribution in [0.2, 0.25) is 5.02 Å². The summed E-state index contributed by atoms with van der Waals surface area (Å²) >= 11 is 6.16. The first kappa shape index (κ1) is 22.1. The minimum atomic E-state index is -3.74. The quantitative estimate of drug-likeness (QED) is 0.700. The van der Waals surface area contributed by atoms with Gasteiger partial charge < -0.3 is 15.4 Å². The van der Waals surface area contributed by atoms with Gasteiger partial charge in [0.1, 0.15) is 5.75 Å². The second-order valence-electron chi connectivity index (χ2n) is 6.65.